The number of imide groups is 1. The lowest BCUT2D eigenvalue weighted by atomic mass is 10.1. The largest absolute Gasteiger partial charge is 0.493 e. The highest BCUT2D eigenvalue weighted by atomic mass is 32.2. The highest BCUT2D eigenvalue weighted by Gasteiger charge is 2.34. The number of hydrogen-bond acceptors (Lipinski definition) is 10. The van der Waals surface area contributed by atoms with Gasteiger partial charge in [0.1, 0.15) is 17.2 Å². The molecular formula is C38H38N4O10S. The lowest BCUT2D eigenvalue weighted by molar-refractivity contribution is 0.0598. The fourth-order valence-corrected chi connectivity index (χ4v) is 7.03. The number of anilines is 1. The Bertz CT molecular complexity index is 2360. The van der Waals surface area contributed by atoms with Crippen molar-refractivity contribution >= 4 is 44.5 Å². The monoisotopic (exact) mass is 742 g/mol. The maximum atomic E-state index is 13.7. The maximum Gasteiger partial charge on any atom is 0.337 e. The summed E-state index contributed by atoms with van der Waals surface area (Å²) in [6.07, 6.45) is 1.79. The van der Waals surface area contributed by atoms with Crippen LogP contribution in [0.5, 0.6) is 23.0 Å². The number of amides is 2. The molecule has 53 heavy (non-hydrogen) atoms. The highest BCUT2D eigenvalue weighted by Crippen LogP contribution is 2.38. The topological polar surface area (TPSA) is 164 Å². The lowest BCUT2D eigenvalue weighted by Crippen LogP contribution is -2.30. The van der Waals surface area contributed by atoms with Crippen molar-refractivity contribution in [3.8, 4) is 23.0 Å². The van der Waals surface area contributed by atoms with Crippen LogP contribution in [0.15, 0.2) is 88.6 Å². The van der Waals surface area contributed by atoms with E-state index < -0.39 is 16.0 Å². The second-order valence-electron chi connectivity index (χ2n) is 12.3. The number of hydrogen-bond donors (Lipinski definition) is 1. The third-order valence-electron chi connectivity index (χ3n) is 8.66. The Balaban J connectivity index is 1.24. The molecule has 1 aliphatic rings. The highest BCUT2D eigenvalue weighted by molar-refractivity contribution is 7.92. The van der Waals surface area contributed by atoms with E-state index in [0.717, 1.165) is 6.42 Å². The number of nitrogens with zero attached hydrogens (tertiary/aromatic N) is 3. The van der Waals surface area contributed by atoms with Gasteiger partial charge >= 0.3 is 11.7 Å². The SMILES string of the molecule is CCCOc1cc(OCCCCN2C(=O)c3ccccc3C2=O)cc(Oc2cc3c(cc2NS(=O)(=O)c2cccc(C(=O)OC)c2)n(C)c(=O)n3C)c1. The molecule has 15 heteroatoms. The standard InChI is InChI=1S/C38H38N4O10S/c1-5-16-50-25-19-26(51-17-9-8-15-42-35(43)29-13-6-7-14-30(29)36(42)44)21-27(20-25)52-34-23-33-32(40(2)38(46)41(33)3)22-31(34)39-53(47,48)28-12-10-11-24(18-28)37(45)49-4/h6-7,10-14,18-23,39H,5,8-9,15-17H2,1-4H3. The zero-order chi connectivity index (χ0) is 37.9. The van der Waals surface area contributed by atoms with Gasteiger partial charge in [-0.05, 0) is 55.7 Å². The molecule has 1 aromatic heterocycles. The first-order chi connectivity index (χ1) is 25.4. The number of carbonyl (C=O) groups is 3. The van der Waals surface area contributed by atoms with Gasteiger partial charge in [0, 0.05) is 44.9 Å². The molecule has 276 valence electrons. The van der Waals surface area contributed by atoms with Gasteiger partial charge in [0.2, 0.25) is 0 Å². The zero-order valence-corrected chi connectivity index (χ0v) is 30.4. The normalized spacial score (nSPS) is 12.6. The molecule has 0 fully saturated rings. The minimum absolute atomic E-state index is 0.0256. The van der Waals surface area contributed by atoms with E-state index >= 15 is 0 Å². The van der Waals surface area contributed by atoms with Crippen LogP contribution in [0.4, 0.5) is 5.69 Å². The average Bonchev–Trinajstić information content (AvgIpc) is 3.52. The quantitative estimate of drug-likeness (QED) is 0.0823. The van der Waals surface area contributed by atoms with Crippen LogP contribution < -0.4 is 24.6 Å². The minimum atomic E-state index is -4.28. The molecule has 6 rings (SSSR count). The molecule has 0 spiro atoms. The van der Waals surface area contributed by atoms with Gasteiger partial charge in [-0.15, -0.1) is 0 Å². The van der Waals surface area contributed by atoms with Gasteiger partial charge in [-0.3, -0.25) is 28.3 Å². The molecule has 1 aliphatic heterocycles. The van der Waals surface area contributed by atoms with Gasteiger partial charge in [0.15, 0.2) is 5.75 Å². The summed E-state index contributed by atoms with van der Waals surface area (Å²) >= 11 is 0. The van der Waals surface area contributed by atoms with E-state index in [4.69, 9.17) is 18.9 Å². The van der Waals surface area contributed by atoms with Crippen molar-refractivity contribution in [1.82, 2.24) is 14.0 Å². The molecule has 2 amide bonds. The van der Waals surface area contributed by atoms with Crippen molar-refractivity contribution in [2.24, 2.45) is 14.1 Å². The van der Waals surface area contributed by atoms with Gasteiger partial charge in [-0.1, -0.05) is 25.1 Å². The molecular weight excluding hydrogens is 705 g/mol. The van der Waals surface area contributed by atoms with Crippen LogP contribution in [0.1, 0.15) is 57.3 Å². The molecule has 0 aliphatic carbocycles. The van der Waals surface area contributed by atoms with Crippen LogP contribution >= 0.6 is 0 Å². The molecule has 0 saturated carbocycles. The molecule has 2 heterocycles. The maximum absolute atomic E-state index is 13.7. The average molecular weight is 743 g/mol. The number of unbranched alkanes of at least 4 members (excludes halogenated alkanes) is 1. The molecule has 0 bridgehead atoms. The summed E-state index contributed by atoms with van der Waals surface area (Å²) in [6, 6.07) is 20.2. The van der Waals surface area contributed by atoms with Crippen molar-refractivity contribution in [1.29, 1.82) is 0 Å². The van der Waals surface area contributed by atoms with E-state index in [1.54, 1.807) is 62.6 Å². The van der Waals surface area contributed by atoms with Crippen molar-refractivity contribution in [2.75, 3.05) is 31.6 Å². The number of rotatable bonds is 15. The van der Waals surface area contributed by atoms with Crippen molar-refractivity contribution < 1.29 is 41.7 Å². The minimum Gasteiger partial charge on any atom is -0.493 e. The van der Waals surface area contributed by atoms with E-state index in [-0.39, 0.29) is 58.3 Å². The van der Waals surface area contributed by atoms with Crippen molar-refractivity contribution in [2.45, 2.75) is 31.1 Å². The summed E-state index contributed by atoms with van der Waals surface area (Å²) in [6.45, 7) is 2.88. The third-order valence-corrected chi connectivity index (χ3v) is 10.0. The molecule has 14 nitrogen and oxygen atoms in total. The molecule has 0 atom stereocenters. The fraction of sp³-hybridized carbons (Fsp3) is 0.263. The van der Waals surface area contributed by atoms with Crippen LogP contribution in [0.2, 0.25) is 0 Å². The molecule has 0 saturated heterocycles. The van der Waals surface area contributed by atoms with Crippen LogP contribution in [-0.4, -0.2) is 67.1 Å². The van der Waals surface area contributed by atoms with E-state index in [1.807, 2.05) is 6.92 Å². The number of esters is 1. The predicted molar refractivity (Wildman–Crippen MR) is 196 cm³/mol. The van der Waals surface area contributed by atoms with Crippen molar-refractivity contribution in [3.63, 3.8) is 0 Å². The van der Waals surface area contributed by atoms with E-state index in [9.17, 15) is 27.6 Å². The molecule has 0 radical (unpaired) electrons. The van der Waals surface area contributed by atoms with Gasteiger partial charge < -0.3 is 18.9 Å². The molecule has 4 aromatic carbocycles. The first kappa shape index (κ1) is 36.7. The number of ether oxygens (including phenoxy) is 4. The number of benzene rings is 4. The van der Waals surface area contributed by atoms with Crippen LogP contribution in [0.3, 0.4) is 0 Å². The Kier molecular flexibility index (Phi) is 10.6. The van der Waals surface area contributed by atoms with Gasteiger partial charge in [-0.25, -0.2) is 18.0 Å². The van der Waals surface area contributed by atoms with E-state index in [2.05, 4.69) is 4.72 Å². The Hall–Kier alpha value is -6.09. The fourth-order valence-electron chi connectivity index (χ4n) is 5.92. The van der Waals surface area contributed by atoms with Crippen molar-refractivity contribution in [3.05, 3.63) is 106 Å². The molecule has 5 aromatic rings. The van der Waals surface area contributed by atoms with Gasteiger partial charge in [0.05, 0.1) is 58.6 Å². The number of carbonyl (C=O) groups excluding carboxylic acids is 3. The summed E-state index contributed by atoms with van der Waals surface area (Å²) < 4.78 is 55.7. The van der Waals surface area contributed by atoms with Gasteiger partial charge in [0.25, 0.3) is 21.8 Å². The van der Waals surface area contributed by atoms with Crippen LogP contribution in [0, 0.1) is 0 Å². The van der Waals surface area contributed by atoms with E-state index in [1.165, 1.54) is 51.5 Å². The summed E-state index contributed by atoms with van der Waals surface area (Å²) in [4.78, 5) is 51.4. The number of aryl methyl sites for hydroxylation is 2. The Morgan fingerprint density at radius 3 is 2.02 bits per heavy atom. The number of fused-ring (bicyclic) bond motifs is 2. The van der Waals surface area contributed by atoms with Gasteiger partial charge in [-0.2, -0.15) is 0 Å². The summed E-state index contributed by atoms with van der Waals surface area (Å²) in [7, 11) is 0.0847. The number of sulfonamides is 1. The smallest absolute Gasteiger partial charge is 0.337 e. The second kappa shape index (κ2) is 15.3. The number of aromatic nitrogens is 2. The number of imidazole rings is 1. The molecule has 1 N–H and O–H groups in total. The summed E-state index contributed by atoms with van der Waals surface area (Å²) in [5.41, 5.74) is 1.48. The van der Waals surface area contributed by atoms with E-state index in [0.29, 0.717) is 53.1 Å². The molecule has 0 unspecified atom stereocenters. The first-order valence-corrected chi connectivity index (χ1v) is 18.3. The number of methoxy groups -OCH3 is 1. The zero-order valence-electron chi connectivity index (χ0n) is 29.6. The third kappa shape index (κ3) is 7.60. The lowest BCUT2D eigenvalue weighted by Gasteiger charge is -2.17. The van der Waals surface area contributed by atoms with Crippen LogP contribution in [0.25, 0.3) is 11.0 Å². The Morgan fingerprint density at radius 1 is 0.755 bits per heavy atom. The summed E-state index contributed by atoms with van der Waals surface area (Å²) in [5.74, 6) is -0.125. The van der Waals surface area contributed by atoms with Crippen LogP contribution in [-0.2, 0) is 28.9 Å². The number of nitrogens with one attached hydrogen (secondary N) is 1. The Labute approximate surface area is 305 Å². The first-order valence-electron chi connectivity index (χ1n) is 16.9. The summed E-state index contributed by atoms with van der Waals surface area (Å²) in [5, 5.41) is 0. The predicted octanol–water partition coefficient (Wildman–Crippen LogP) is 5.50. The Morgan fingerprint density at radius 2 is 1.38 bits per heavy atom. The second-order valence-corrected chi connectivity index (χ2v) is 14.0.